The van der Waals surface area contributed by atoms with Crippen molar-refractivity contribution < 1.29 is 9.90 Å². The second kappa shape index (κ2) is 2.38. The molecular formula is C7H12O2. The summed E-state index contributed by atoms with van der Waals surface area (Å²) in [5.74, 6) is -0.0458. The Morgan fingerprint density at radius 2 is 2.33 bits per heavy atom. The average Bonchev–Trinajstić information content (AvgIpc) is 2.50. The van der Waals surface area contributed by atoms with Crippen molar-refractivity contribution in [2.45, 2.75) is 26.2 Å². The first-order valence-electron chi connectivity index (χ1n) is 3.43. The number of hydrogen-bond acceptors (Lipinski definition) is 1. The van der Waals surface area contributed by atoms with E-state index >= 15 is 0 Å². The summed E-state index contributed by atoms with van der Waals surface area (Å²) < 4.78 is 0. The van der Waals surface area contributed by atoms with Crippen LogP contribution in [0.5, 0.6) is 0 Å². The van der Waals surface area contributed by atoms with Gasteiger partial charge in [-0.15, -0.1) is 0 Å². The molecule has 1 saturated carbocycles. The monoisotopic (exact) mass is 128 g/mol. The van der Waals surface area contributed by atoms with Crippen molar-refractivity contribution in [1.82, 2.24) is 0 Å². The summed E-state index contributed by atoms with van der Waals surface area (Å²) in [5.41, 5.74) is 0. The minimum atomic E-state index is -0.651. The van der Waals surface area contributed by atoms with Crippen molar-refractivity contribution in [3.8, 4) is 0 Å². The number of hydrogen-bond donors (Lipinski definition) is 1. The normalized spacial score (nSPS) is 21.4. The third-order valence-electron chi connectivity index (χ3n) is 1.81. The highest BCUT2D eigenvalue weighted by atomic mass is 16.4. The molecule has 0 aromatic carbocycles. The summed E-state index contributed by atoms with van der Waals surface area (Å²) in [5, 5.41) is 8.46. The Bertz CT molecular complexity index is 116. The van der Waals surface area contributed by atoms with Gasteiger partial charge in [0.15, 0.2) is 0 Å². The molecule has 0 aromatic heterocycles. The van der Waals surface area contributed by atoms with Crippen molar-refractivity contribution in [2.24, 2.45) is 11.8 Å². The quantitative estimate of drug-likeness (QED) is 0.625. The Balaban J connectivity index is 2.16. The van der Waals surface area contributed by atoms with Crippen LogP contribution in [0.2, 0.25) is 0 Å². The van der Waals surface area contributed by atoms with Gasteiger partial charge >= 0.3 is 5.97 Å². The molecule has 0 aliphatic heterocycles. The lowest BCUT2D eigenvalue weighted by atomic mass is 10.1. The topological polar surface area (TPSA) is 37.3 Å². The minimum Gasteiger partial charge on any atom is -0.481 e. The highest BCUT2D eigenvalue weighted by Gasteiger charge is 2.26. The molecule has 1 fully saturated rings. The smallest absolute Gasteiger partial charge is 0.306 e. The lowest BCUT2D eigenvalue weighted by molar-refractivity contribution is -0.141. The Morgan fingerprint density at radius 1 is 1.78 bits per heavy atom. The van der Waals surface area contributed by atoms with Crippen LogP contribution >= 0.6 is 0 Å². The molecule has 9 heavy (non-hydrogen) atoms. The lowest BCUT2D eigenvalue weighted by Gasteiger charge is -2.01. The maximum absolute atomic E-state index is 10.3. The van der Waals surface area contributed by atoms with Crippen LogP contribution in [-0.4, -0.2) is 11.1 Å². The van der Waals surface area contributed by atoms with Crippen LogP contribution in [0, 0.1) is 11.8 Å². The first-order valence-corrected chi connectivity index (χ1v) is 3.43. The van der Waals surface area contributed by atoms with Crippen molar-refractivity contribution in [2.75, 3.05) is 0 Å². The molecule has 0 spiro atoms. The first kappa shape index (κ1) is 6.59. The van der Waals surface area contributed by atoms with Gasteiger partial charge in [-0.2, -0.15) is 0 Å². The van der Waals surface area contributed by atoms with E-state index in [-0.39, 0.29) is 5.92 Å². The molecule has 0 unspecified atom stereocenters. The van der Waals surface area contributed by atoms with Gasteiger partial charge in [0.2, 0.25) is 0 Å². The summed E-state index contributed by atoms with van der Waals surface area (Å²) >= 11 is 0. The van der Waals surface area contributed by atoms with Crippen molar-refractivity contribution in [3.63, 3.8) is 0 Å². The Labute approximate surface area is 54.9 Å². The van der Waals surface area contributed by atoms with E-state index < -0.39 is 5.97 Å². The minimum absolute atomic E-state index is 0.127. The van der Waals surface area contributed by atoms with Crippen LogP contribution in [0.25, 0.3) is 0 Å². The van der Waals surface area contributed by atoms with Crippen LogP contribution in [0.1, 0.15) is 26.2 Å². The van der Waals surface area contributed by atoms with Gasteiger partial charge in [0.25, 0.3) is 0 Å². The van der Waals surface area contributed by atoms with E-state index in [1.165, 1.54) is 12.8 Å². The fourth-order valence-corrected chi connectivity index (χ4v) is 0.954. The molecule has 1 atom stereocenters. The predicted octanol–water partition coefficient (Wildman–Crippen LogP) is 1.51. The lowest BCUT2D eigenvalue weighted by Crippen LogP contribution is -2.09. The Hall–Kier alpha value is -0.530. The standard InChI is InChI=1S/C7H12O2/c1-5(7(8)9)4-6-2-3-6/h5-6H,2-4H2,1H3,(H,8,9)/t5-/m1/s1. The summed E-state index contributed by atoms with van der Waals surface area (Å²) in [4.78, 5) is 10.3. The molecule has 1 aliphatic carbocycles. The maximum atomic E-state index is 10.3. The molecule has 1 N–H and O–H groups in total. The molecular weight excluding hydrogens is 116 g/mol. The van der Waals surface area contributed by atoms with Gasteiger partial charge in [0.1, 0.15) is 0 Å². The number of carboxylic acids is 1. The number of aliphatic carboxylic acids is 1. The summed E-state index contributed by atoms with van der Waals surface area (Å²) in [7, 11) is 0. The molecule has 2 heteroatoms. The van der Waals surface area contributed by atoms with Crippen LogP contribution in [-0.2, 0) is 4.79 Å². The van der Waals surface area contributed by atoms with Gasteiger partial charge in [0.05, 0.1) is 5.92 Å². The number of rotatable bonds is 3. The summed E-state index contributed by atoms with van der Waals surface area (Å²) in [6, 6.07) is 0. The third-order valence-corrected chi connectivity index (χ3v) is 1.81. The third kappa shape index (κ3) is 2.04. The summed E-state index contributed by atoms with van der Waals surface area (Å²) in [6.07, 6.45) is 3.38. The molecule has 0 bridgehead atoms. The molecule has 0 aromatic rings. The van der Waals surface area contributed by atoms with Crippen molar-refractivity contribution >= 4 is 5.97 Å². The van der Waals surface area contributed by atoms with Crippen LogP contribution in [0.4, 0.5) is 0 Å². The summed E-state index contributed by atoms with van der Waals surface area (Å²) in [6.45, 7) is 1.78. The highest BCUT2D eigenvalue weighted by Crippen LogP contribution is 2.35. The molecule has 0 radical (unpaired) electrons. The Morgan fingerprint density at radius 3 is 2.67 bits per heavy atom. The van der Waals surface area contributed by atoms with Crippen molar-refractivity contribution in [1.29, 1.82) is 0 Å². The van der Waals surface area contributed by atoms with E-state index in [1.54, 1.807) is 6.92 Å². The van der Waals surface area contributed by atoms with E-state index in [1.807, 2.05) is 0 Å². The first-order chi connectivity index (χ1) is 4.20. The number of carbonyl (C=O) groups is 1. The maximum Gasteiger partial charge on any atom is 0.306 e. The SMILES string of the molecule is C[C@H](CC1CC1)C(=O)O. The fraction of sp³-hybridized carbons (Fsp3) is 0.857. The second-order valence-corrected chi connectivity index (χ2v) is 2.92. The zero-order valence-electron chi connectivity index (χ0n) is 5.63. The van der Waals surface area contributed by atoms with Gasteiger partial charge < -0.3 is 5.11 Å². The van der Waals surface area contributed by atoms with Crippen LogP contribution < -0.4 is 0 Å². The van der Waals surface area contributed by atoms with Crippen molar-refractivity contribution in [3.05, 3.63) is 0 Å². The van der Waals surface area contributed by atoms with Gasteiger partial charge in [-0.25, -0.2) is 0 Å². The number of carboxylic acid groups (broad SMARTS) is 1. The largest absolute Gasteiger partial charge is 0.481 e. The van der Waals surface area contributed by atoms with E-state index in [0.29, 0.717) is 0 Å². The molecule has 0 heterocycles. The van der Waals surface area contributed by atoms with Gasteiger partial charge in [-0.3, -0.25) is 4.79 Å². The average molecular weight is 128 g/mol. The molecule has 0 amide bonds. The van der Waals surface area contributed by atoms with Gasteiger partial charge in [0, 0.05) is 0 Å². The zero-order chi connectivity index (χ0) is 6.85. The highest BCUT2D eigenvalue weighted by molar-refractivity contribution is 5.69. The van der Waals surface area contributed by atoms with Gasteiger partial charge in [-0.05, 0) is 12.3 Å². The predicted molar refractivity (Wildman–Crippen MR) is 34.1 cm³/mol. The fourth-order valence-electron chi connectivity index (χ4n) is 0.954. The molecule has 1 aliphatic rings. The molecule has 52 valence electrons. The zero-order valence-corrected chi connectivity index (χ0v) is 5.63. The van der Waals surface area contributed by atoms with E-state index in [4.69, 9.17) is 5.11 Å². The molecule has 2 nitrogen and oxygen atoms in total. The second-order valence-electron chi connectivity index (χ2n) is 2.92. The van der Waals surface area contributed by atoms with Crippen LogP contribution in [0.15, 0.2) is 0 Å². The molecule has 0 saturated heterocycles. The van der Waals surface area contributed by atoms with E-state index in [0.717, 1.165) is 12.3 Å². The van der Waals surface area contributed by atoms with Crippen LogP contribution in [0.3, 0.4) is 0 Å². The van der Waals surface area contributed by atoms with E-state index in [2.05, 4.69) is 0 Å². The van der Waals surface area contributed by atoms with E-state index in [9.17, 15) is 4.79 Å². The van der Waals surface area contributed by atoms with Gasteiger partial charge in [-0.1, -0.05) is 19.8 Å². The molecule has 1 rings (SSSR count). The Kier molecular flexibility index (Phi) is 1.74.